The number of aryl methyl sites for hydroxylation is 2. The highest BCUT2D eigenvalue weighted by Gasteiger charge is 2.19. The van der Waals surface area contributed by atoms with Gasteiger partial charge in [-0.25, -0.2) is 4.98 Å². The molecule has 0 bridgehead atoms. The Bertz CT molecular complexity index is 645. The number of rotatable bonds is 3. The van der Waals surface area contributed by atoms with E-state index in [0.717, 1.165) is 0 Å². The Hall–Kier alpha value is -1.67. The van der Waals surface area contributed by atoms with Crippen LogP contribution < -0.4 is 4.72 Å². The van der Waals surface area contributed by atoms with Crippen LogP contribution in [0.1, 0.15) is 5.82 Å². The van der Waals surface area contributed by atoms with E-state index < -0.39 is 10.0 Å². The van der Waals surface area contributed by atoms with Crippen molar-refractivity contribution in [1.82, 2.24) is 19.7 Å². The van der Waals surface area contributed by atoms with Crippen molar-refractivity contribution in [2.75, 3.05) is 4.72 Å². The third-order valence-corrected chi connectivity index (χ3v) is 3.66. The summed E-state index contributed by atoms with van der Waals surface area (Å²) in [5.41, 5.74) is 0. The molecule has 0 aliphatic heterocycles. The summed E-state index contributed by atoms with van der Waals surface area (Å²) in [5, 5.41) is 7.27. The maximum atomic E-state index is 12.0. The second kappa shape index (κ2) is 4.54. The van der Waals surface area contributed by atoms with Crippen molar-refractivity contribution in [2.45, 2.75) is 11.9 Å². The predicted molar refractivity (Wildman–Crippen MR) is 65.8 cm³/mol. The minimum atomic E-state index is -3.76. The van der Waals surface area contributed by atoms with Gasteiger partial charge in [0.05, 0.1) is 0 Å². The highest BCUT2D eigenvalue weighted by Crippen LogP contribution is 2.13. The molecule has 2 rings (SSSR count). The van der Waals surface area contributed by atoms with Crippen molar-refractivity contribution >= 4 is 27.4 Å². The first-order valence-electron chi connectivity index (χ1n) is 4.90. The minimum Gasteiger partial charge on any atom is -0.337 e. The molecule has 0 unspecified atom stereocenters. The zero-order valence-electron chi connectivity index (χ0n) is 9.62. The highest BCUT2D eigenvalue weighted by molar-refractivity contribution is 7.92. The van der Waals surface area contributed by atoms with E-state index in [1.54, 1.807) is 18.5 Å². The zero-order valence-corrected chi connectivity index (χ0v) is 11.2. The van der Waals surface area contributed by atoms with Gasteiger partial charge in [0.1, 0.15) is 5.82 Å². The SMILES string of the molecule is Cc1nc(S(=O)(=O)Nc2ccc(Cl)nn2)cn1C. The van der Waals surface area contributed by atoms with E-state index in [1.165, 1.54) is 18.3 Å². The molecule has 96 valence electrons. The van der Waals surface area contributed by atoms with Gasteiger partial charge in [-0.3, -0.25) is 4.72 Å². The van der Waals surface area contributed by atoms with Crippen LogP contribution in [0, 0.1) is 6.92 Å². The van der Waals surface area contributed by atoms with Crippen LogP contribution in [0.4, 0.5) is 5.82 Å². The third kappa shape index (κ3) is 2.59. The number of hydrogen-bond donors (Lipinski definition) is 1. The van der Waals surface area contributed by atoms with Crippen molar-refractivity contribution in [1.29, 1.82) is 0 Å². The average molecular weight is 288 g/mol. The van der Waals surface area contributed by atoms with Crippen molar-refractivity contribution < 1.29 is 8.42 Å². The summed E-state index contributed by atoms with van der Waals surface area (Å²) in [6.45, 7) is 1.71. The maximum absolute atomic E-state index is 12.0. The first-order chi connectivity index (χ1) is 8.38. The minimum absolute atomic E-state index is 0.0701. The Labute approximate surface area is 109 Å². The van der Waals surface area contributed by atoms with Gasteiger partial charge < -0.3 is 4.57 Å². The highest BCUT2D eigenvalue weighted by atomic mass is 35.5. The molecule has 0 amide bonds. The lowest BCUT2D eigenvalue weighted by Gasteiger charge is -2.03. The number of imidazole rings is 1. The molecule has 7 nitrogen and oxygen atoms in total. The summed E-state index contributed by atoms with van der Waals surface area (Å²) in [7, 11) is -2.04. The van der Waals surface area contributed by atoms with E-state index in [-0.39, 0.29) is 16.0 Å². The molecule has 0 spiro atoms. The fourth-order valence-electron chi connectivity index (χ4n) is 1.22. The summed E-state index contributed by atoms with van der Waals surface area (Å²) in [4.78, 5) is 3.93. The molecule has 0 aliphatic rings. The van der Waals surface area contributed by atoms with Crippen LogP contribution in [0.5, 0.6) is 0 Å². The average Bonchev–Trinajstić information content (AvgIpc) is 2.63. The van der Waals surface area contributed by atoms with Gasteiger partial charge in [-0.2, -0.15) is 8.42 Å². The predicted octanol–water partition coefficient (Wildman–Crippen LogP) is 0.973. The van der Waals surface area contributed by atoms with E-state index in [0.29, 0.717) is 5.82 Å². The molecule has 9 heteroatoms. The molecule has 1 N–H and O–H groups in total. The first-order valence-corrected chi connectivity index (χ1v) is 6.76. The van der Waals surface area contributed by atoms with Crippen molar-refractivity contribution in [3.8, 4) is 0 Å². The van der Waals surface area contributed by atoms with Crippen LogP contribution in [0.3, 0.4) is 0 Å². The molecule has 18 heavy (non-hydrogen) atoms. The summed E-state index contributed by atoms with van der Waals surface area (Å²) >= 11 is 5.56. The number of nitrogens with one attached hydrogen (secondary N) is 1. The normalized spacial score (nSPS) is 11.5. The van der Waals surface area contributed by atoms with Gasteiger partial charge in [0, 0.05) is 13.2 Å². The van der Waals surface area contributed by atoms with Crippen LogP contribution in [0.15, 0.2) is 23.4 Å². The number of anilines is 1. The molecule has 0 saturated carbocycles. The van der Waals surface area contributed by atoms with Crippen LogP contribution in [0.2, 0.25) is 5.15 Å². The number of sulfonamides is 1. The van der Waals surface area contributed by atoms with E-state index in [1.807, 2.05) is 0 Å². The fourth-order valence-corrected chi connectivity index (χ4v) is 2.35. The van der Waals surface area contributed by atoms with Gasteiger partial charge in [-0.1, -0.05) is 11.6 Å². The standard InChI is InChI=1S/C9H10ClN5O2S/c1-6-11-9(5-15(6)2)18(16,17)14-8-4-3-7(10)12-13-8/h3-5H,1-2H3,(H,13,14). The van der Waals surface area contributed by atoms with Gasteiger partial charge in [0.2, 0.25) is 0 Å². The molecule has 0 atom stereocenters. The maximum Gasteiger partial charge on any atom is 0.282 e. The second-order valence-electron chi connectivity index (χ2n) is 3.58. The first kappa shape index (κ1) is 12.8. The summed E-state index contributed by atoms with van der Waals surface area (Å²) in [6, 6.07) is 2.86. The van der Waals surface area contributed by atoms with E-state index in [2.05, 4.69) is 19.9 Å². The quantitative estimate of drug-likeness (QED) is 0.908. The number of aromatic nitrogens is 4. The van der Waals surface area contributed by atoms with Crippen molar-refractivity contribution in [2.24, 2.45) is 7.05 Å². The summed E-state index contributed by atoms with van der Waals surface area (Å²) < 4.78 is 27.8. The second-order valence-corrected chi connectivity index (χ2v) is 5.60. The van der Waals surface area contributed by atoms with Crippen LogP contribution in [0.25, 0.3) is 0 Å². The Kier molecular flexibility index (Phi) is 3.22. The Balaban J connectivity index is 2.29. The Morgan fingerprint density at radius 1 is 1.33 bits per heavy atom. The van der Waals surface area contributed by atoms with Crippen molar-refractivity contribution in [3.05, 3.63) is 29.3 Å². The van der Waals surface area contributed by atoms with Gasteiger partial charge in [0.25, 0.3) is 10.0 Å². The molecule has 0 aliphatic carbocycles. The molecule has 2 aromatic heterocycles. The Morgan fingerprint density at radius 3 is 2.56 bits per heavy atom. The molecule has 0 saturated heterocycles. The summed E-state index contributed by atoms with van der Waals surface area (Å²) in [5.74, 6) is 0.681. The van der Waals surface area contributed by atoms with E-state index >= 15 is 0 Å². The number of nitrogens with zero attached hydrogens (tertiary/aromatic N) is 4. The monoisotopic (exact) mass is 287 g/mol. The number of hydrogen-bond acceptors (Lipinski definition) is 5. The van der Waals surface area contributed by atoms with E-state index in [4.69, 9.17) is 11.6 Å². The molecule has 2 heterocycles. The summed E-state index contributed by atoms with van der Waals surface area (Å²) in [6.07, 6.45) is 1.42. The number of halogens is 1. The Morgan fingerprint density at radius 2 is 2.06 bits per heavy atom. The molecule has 0 radical (unpaired) electrons. The van der Waals surface area contributed by atoms with Gasteiger partial charge in [-0.05, 0) is 19.1 Å². The topological polar surface area (TPSA) is 89.8 Å². The molecular weight excluding hydrogens is 278 g/mol. The molecule has 0 fully saturated rings. The lowest BCUT2D eigenvalue weighted by atomic mass is 10.5. The van der Waals surface area contributed by atoms with Crippen LogP contribution in [-0.4, -0.2) is 28.2 Å². The van der Waals surface area contributed by atoms with Crippen molar-refractivity contribution in [3.63, 3.8) is 0 Å². The van der Waals surface area contributed by atoms with Gasteiger partial charge in [0.15, 0.2) is 16.0 Å². The lowest BCUT2D eigenvalue weighted by Crippen LogP contribution is -2.14. The van der Waals surface area contributed by atoms with E-state index in [9.17, 15) is 8.42 Å². The van der Waals surface area contributed by atoms with Gasteiger partial charge in [-0.15, -0.1) is 10.2 Å². The van der Waals surface area contributed by atoms with Gasteiger partial charge >= 0.3 is 0 Å². The molecule has 2 aromatic rings. The smallest absolute Gasteiger partial charge is 0.282 e. The third-order valence-electron chi connectivity index (χ3n) is 2.23. The fraction of sp³-hybridized carbons (Fsp3) is 0.222. The van der Waals surface area contributed by atoms with Crippen LogP contribution in [-0.2, 0) is 17.1 Å². The molecule has 0 aromatic carbocycles. The zero-order chi connectivity index (χ0) is 13.3. The van der Waals surface area contributed by atoms with Crippen LogP contribution >= 0.6 is 11.6 Å². The largest absolute Gasteiger partial charge is 0.337 e. The molecular formula is C9H10ClN5O2S. The lowest BCUT2D eigenvalue weighted by molar-refractivity contribution is 0.597.